The molecule has 1 N–H and O–H groups in total. The number of benzene rings is 1. The van der Waals surface area contributed by atoms with E-state index in [2.05, 4.69) is 5.10 Å². The lowest BCUT2D eigenvalue weighted by molar-refractivity contribution is -0.138. The molecule has 0 aliphatic carbocycles. The average Bonchev–Trinajstić information content (AvgIpc) is 2.86. The van der Waals surface area contributed by atoms with Crippen LogP contribution in [0, 0.1) is 0 Å². The van der Waals surface area contributed by atoms with Crippen molar-refractivity contribution >= 4 is 5.97 Å². The van der Waals surface area contributed by atoms with Gasteiger partial charge < -0.3 is 5.11 Å². The number of aromatic carboxylic acids is 1. The maximum Gasteiger partial charge on any atom is 0.417 e. The molecule has 7 heteroatoms. The fourth-order valence-corrected chi connectivity index (χ4v) is 2.08. The molecule has 0 aliphatic heterocycles. The monoisotopic (exact) mass is 298 g/mol. The van der Waals surface area contributed by atoms with Crippen LogP contribution in [0.25, 0.3) is 11.3 Å². The summed E-state index contributed by atoms with van der Waals surface area (Å²) < 4.78 is 40.0. The van der Waals surface area contributed by atoms with Crippen LogP contribution in [0.5, 0.6) is 0 Å². The summed E-state index contributed by atoms with van der Waals surface area (Å²) in [5.74, 6) is -1.61. The second-order valence-electron chi connectivity index (χ2n) is 4.82. The summed E-state index contributed by atoms with van der Waals surface area (Å²) in [5, 5.41) is 13.1. The highest BCUT2D eigenvalue weighted by Gasteiger charge is 2.35. The lowest BCUT2D eigenvalue weighted by Gasteiger charge is -2.14. The van der Waals surface area contributed by atoms with Crippen molar-refractivity contribution in [3.8, 4) is 11.3 Å². The van der Waals surface area contributed by atoms with Crippen LogP contribution < -0.4 is 0 Å². The Morgan fingerprint density at radius 2 is 1.95 bits per heavy atom. The molecule has 0 atom stereocenters. The van der Waals surface area contributed by atoms with Gasteiger partial charge in [-0.2, -0.15) is 18.3 Å². The number of hydrogen-bond donors (Lipinski definition) is 1. The van der Waals surface area contributed by atoms with E-state index in [9.17, 15) is 18.0 Å². The van der Waals surface area contributed by atoms with Crippen LogP contribution in [0.2, 0.25) is 0 Å². The van der Waals surface area contributed by atoms with E-state index in [0.717, 1.165) is 12.1 Å². The molecule has 0 radical (unpaired) electrons. The standard InChI is InChI=1S/C14H13F3N2O2/c1-8(2)19-12(5-6-18-19)9-3-4-11(14(15,16)17)10(7-9)13(20)21/h3-8H,1-2H3,(H,20,21). The van der Waals surface area contributed by atoms with Gasteiger partial charge in [-0.05, 0) is 32.0 Å². The number of hydrogen-bond acceptors (Lipinski definition) is 2. The smallest absolute Gasteiger partial charge is 0.417 e. The van der Waals surface area contributed by atoms with Crippen LogP contribution in [0.3, 0.4) is 0 Å². The van der Waals surface area contributed by atoms with Crippen molar-refractivity contribution in [2.45, 2.75) is 26.1 Å². The molecule has 112 valence electrons. The number of halogens is 3. The lowest BCUT2D eigenvalue weighted by atomic mass is 10.0. The summed E-state index contributed by atoms with van der Waals surface area (Å²) in [6.45, 7) is 3.75. The second-order valence-corrected chi connectivity index (χ2v) is 4.82. The first-order valence-electron chi connectivity index (χ1n) is 6.20. The summed E-state index contributed by atoms with van der Waals surface area (Å²) in [4.78, 5) is 11.1. The zero-order valence-corrected chi connectivity index (χ0v) is 11.3. The second kappa shape index (κ2) is 5.23. The molecule has 1 aromatic heterocycles. The third kappa shape index (κ3) is 2.91. The number of carboxylic acid groups (broad SMARTS) is 1. The van der Waals surface area contributed by atoms with Gasteiger partial charge in [0.25, 0.3) is 0 Å². The Hall–Kier alpha value is -2.31. The summed E-state index contributed by atoms with van der Waals surface area (Å²) in [7, 11) is 0. The van der Waals surface area contributed by atoms with Crippen LogP contribution in [-0.4, -0.2) is 20.9 Å². The van der Waals surface area contributed by atoms with Crippen LogP contribution in [0.15, 0.2) is 30.5 Å². The zero-order valence-electron chi connectivity index (χ0n) is 11.3. The molecule has 0 bridgehead atoms. The van der Waals surface area contributed by atoms with E-state index >= 15 is 0 Å². The summed E-state index contributed by atoms with van der Waals surface area (Å²) in [6, 6.07) is 4.71. The predicted octanol–water partition coefficient (Wildman–Crippen LogP) is 3.85. The number of carbonyl (C=O) groups is 1. The van der Waals surface area contributed by atoms with Crippen LogP contribution in [0.4, 0.5) is 13.2 Å². The number of rotatable bonds is 3. The molecule has 4 nitrogen and oxygen atoms in total. The average molecular weight is 298 g/mol. The number of aromatic nitrogens is 2. The molecule has 21 heavy (non-hydrogen) atoms. The van der Waals surface area contributed by atoms with Crippen LogP contribution >= 0.6 is 0 Å². The molecule has 1 aromatic carbocycles. The van der Waals surface area contributed by atoms with E-state index in [1.165, 1.54) is 12.3 Å². The van der Waals surface area contributed by atoms with Gasteiger partial charge in [-0.25, -0.2) is 4.79 Å². The quantitative estimate of drug-likeness (QED) is 0.936. The summed E-state index contributed by atoms with van der Waals surface area (Å²) in [6.07, 6.45) is -3.18. The number of alkyl halides is 3. The number of nitrogens with zero attached hydrogens (tertiary/aromatic N) is 2. The highest BCUT2D eigenvalue weighted by atomic mass is 19.4. The Morgan fingerprint density at radius 1 is 1.29 bits per heavy atom. The molecule has 0 aliphatic rings. The molecule has 0 unspecified atom stereocenters. The Labute approximate surface area is 118 Å². The third-order valence-corrected chi connectivity index (χ3v) is 3.01. The Morgan fingerprint density at radius 3 is 2.48 bits per heavy atom. The Balaban J connectivity index is 2.60. The number of carboxylic acids is 1. The van der Waals surface area contributed by atoms with Crippen molar-refractivity contribution < 1.29 is 23.1 Å². The topological polar surface area (TPSA) is 55.1 Å². The molecule has 2 rings (SSSR count). The summed E-state index contributed by atoms with van der Waals surface area (Å²) in [5.41, 5.74) is -0.973. The SMILES string of the molecule is CC(C)n1nccc1-c1ccc(C(F)(F)F)c(C(=O)O)c1. The Bertz CT molecular complexity index is 675. The maximum absolute atomic E-state index is 12.8. The van der Waals surface area contributed by atoms with Crippen molar-refractivity contribution in [3.05, 3.63) is 41.6 Å². The van der Waals surface area contributed by atoms with Gasteiger partial charge in [0.05, 0.1) is 16.8 Å². The van der Waals surface area contributed by atoms with Crippen molar-refractivity contribution in [2.24, 2.45) is 0 Å². The molecule has 0 spiro atoms. The van der Waals surface area contributed by atoms with Crippen molar-refractivity contribution in [2.75, 3.05) is 0 Å². The maximum atomic E-state index is 12.8. The molecular weight excluding hydrogens is 285 g/mol. The van der Waals surface area contributed by atoms with Gasteiger partial charge in [0.2, 0.25) is 0 Å². The minimum atomic E-state index is -4.70. The molecule has 0 saturated heterocycles. The lowest BCUT2D eigenvalue weighted by Crippen LogP contribution is -2.13. The predicted molar refractivity (Wildman–Crippen MR) is 70.0 cm³/mol. The van der Waals surface area contributed by atoms with E-state index in [-0.39, 0.29) is 6.04 Å². The molecule has 0 amide bonds. The van der Waals surface area contributed by atoms with Crippen molar-refractivity contribution in [3.63, 3.8) is 0 Å². The molecule has 2 aromatic rings. The minimum absolute atomic E-state index is 0.00516. The molecule has 0 saturated carbocycles. The van der Waals surface area contributed by atoms with E-state index in [1.807, 2.05) is 13.8 Å². The first kappa shape index (κ1) is 15.1. The van der Waals surface area contributed by atoms with E-state index in [1.54, 1.807) is 10.7 Å². The van der Waals surface area contributed by atoms with Crippen molar-refractivity contribution in [1.29, 1.82) is 0 Å². The van der Waals surface area contributed by atoms with Gasteiger partial charge in [-0.15, -0.1) is 0 Å². The fraction of sp³-hybridized carbons (Fsp3) is 0.286. The van der Waals surface area contributed by atoms with E-state index in [0.29, 0.717) is 11.3 Å². The van der Waals surface area contributed by atoms with E-state index in [4.69, 9.17) is 5.11 Å². The van der Waals surface area contributed by atoms with Gasteiger partial charge in [-0.1, -0.05) is 6.07 Å². The van der Waals surface area contributed by atoms with E-state index < -0.39 is 23.3 Å². The van der Waals surface area contributed by atoms with Gasteiger partial charge in [0.15, 0.2) is 0 Å². The highest BCUT2D eigenvalue weighted by molar-refractivity contribution is 5.91. The molecule has 0 fully saturated rings. The van der Waals surface area contributed by atoms with Crippen molar-refractivity contribution in [1.82, 2.24) is 9.78 Å². The zero-order chi connectivity index (χ0) is 15.8. The van der Waals surface area contributed by atoms with Gasteiger partial charge in [0.1, 0.15) is 0 Å². The van der Waals surface area contributed by atoms with Gasteiger partial charge in [0, 0.05) is 17.8 Å². The molecule has 1 heterocycles. The van der Waals surface area contributed by atoms with Gasteiger partial charge >= 0.3 is 12.1 Å². The minimum Gasteiger partial charge on any atom is -0.478 e. The third-order valence-electron chi connectivity index (χ3n) is 3.01. The highest BCUT2D eigenvalue weighted by Crippen LogP contribution is 2.34. The van der Waals surface area contributed by atoms with Gasteiger partial charge in [-0.3, -0.25) is 4.68 Å². The first-order valence-corrected chi connectivity index (χ1v) is 6.20. The fourth-order valence-electron chi connectivity index (χ4n) is 2.08. The first-order chi connectivity index (χ1) is 9.71. The van der Waals surface area contributed by atoms with Crippen LogP contribution in [-0.2, 0) is 6.18 Å². The largest absolute Gasteiger partial charge is 0.478 e. The molecular formula is C14H13F3N2O2. The normalized spacial score (nSPS) is 11.9. The van der Waals surface area contributed by atoms with Crippen LogP contribution in [0.1, 0.15) is 35.8 Å². The summed E-state index contributed by atoms with van der Waals surface area (Å²) >= 11 is 0. The Kier molecular flexibility index (Phi) is 3.76.